The van der Waals surface area contributed by atoms with Crippen molar-refractivity contribution in [3.63, 3.8) is 0 Å². The zero-order chi connectivity index (χ0) is 13.1. The molecule has 0 aromatic heterocycles. The highest BCUT2D eigenvalue weighted by atomic mass is 32.2. The Kier molecular flexibility index (Phi) is 3.77. The highest BCUT2D eigenvalue weighted by Crippen LogP contribution is 2.20. The normalized spacial score (nSPS) is 12.3. The average Bonchev–Trinajstić information content (AvgIpc) is 2.35. The van der Waals surface area contributed by atoms with E-state index in [1.165, 1.54) is 6.07 Å². The number of nitrogen functional groups attached to an aromatic ring is 1. The van der Waals surface area contributed by atoms with Crippen LogP contribution < -0.4 is 5.73 Å². The molecule has 0 aliphatic rings. The van der Waals surface area contributed by atoms with Crippen molar-refractivity contribution in [2.75, 3.05) is 5.73 Å². The predicted molar refractivity (Wildman–Crippen MR) is 72.1 cm³/mol. The summed E-state index contributed by atoms with van der Waals surface area (Å²) >= 11 is 0. The van der Waals surface area contributed by atoms with Gasteiger partial charge >= 0.3 is 0 Å². The molecule has 94 valence electrons. The van der Waals surface area contributed by atoms with Crippen LogP contribution in [0.4, 0.5) is 10.1 Å². The first kappa shape index (κ1) is 12.8. The third kappa shape index (κ3) is 2.59. The Labute approximate surface area is 108 Å². The molecular weight excluding hydrogens is 249 g/mol. The molecule has 2 aromatic rings. The molecule has 0 aliphatic carbocycles. The van der Waals surface area contributed by atoms with Crippen molar-refractivity contribution >= 4 is 16.5 Å². The van der Waals surface area contributed by atoms with Crippen LogP contribution in [0.15, 0.2) is 47.4 Å². The summed E-state index contributed by atoms with van der Waals surface area (Å²) in [7, 11) is -1.40. The lowest BCUT2D eigenvalue weighted by Crippen LogP contribution is -2.02. The van der Waals surface area contributed by atoms with Gasteiger partial charge in [0.15, 0.2) is 0 Å². The third-order valence-electron chi connectivity index (χ3n) is 2.86. The SMILES string of the molecule is Cc1c(N)cccc1CS(=O)c1ccccc1F. The number of hydrogen-bond acceptors (Lipinski definition) is 2. The van der Waals surface area contributed by atoms with Crippen molar-refractivity contribution in [3.8, 4) is 0 Å². The van der Waals surface area contributed by atoms with Crippen molar-refractivity contribution in [2.45, 2.75) is 17.6 Å². The van der Waals surface area contributed by atoms with Crippen LogP contribution in [0.3, 0.4) is 0 Å². The molecule has 18 heavy (non-hydrogen) atoms. The summed E-state index contributed by atoms with van der Waals surface area (Å²) in [6, 6.07) is 11.6. The lowest BCUT2D eigenvalue weighted by molar-refractivity contribution is 0.595. The second-order valence-electron chi connectivity index (χ2n) is 4.05. The van der Waals surface area contributed by atoms with Gasteiger partial charge in [0.1, 0.15) is 5.82 Å². The van der Waals surface area contributed by atoms with Gasteiger partial charge in [-0.1, -0.05) is 24.3 Å². The number of hydrogen-bond donors (Lipinski definition) is 1. The Morgan fingerprint density at radius 3 is 2.61 bits per heavy atom. The fraction of sp³-hybridized carbons (Fsp3) is 0.143. The average molecular weight is 263 g/mol. The van der Waals surface area contributed by atoms with E-state index in [0.29, 0.717) is 5.69 Å². The fourth-order valence-corrected chi connectivity index (χ4v) is 2.97. The molecule has 0 fully saturated rings. The van der Waals surface area contributed by atoms with Crippen LogP contribution in [0.25, 0.3) is 0 Å². The molecule has 1 atom stereocenters. The maximum atomic E-state index is 13.5. The van der Waals surface area contributed by atoms with Crippen molar-refractivity contribution < 1.29 is 8.60 Å². The zero-order valence-corrected chi connectivity index (χ0v) is 10.8. The second kappa shape index (κ2) is 5.31. The van der Waals surface area contributed by atoms with Crippen LogP contribution in [0, 0.1) is 12.7 Å². The number of benzene rings is 2. The minimum atomic E-state index is -1.40. The lowest BCUT2D eigenvalue weighted by Gasteiger charge is -2.08. The van der Waals surface area contributed by atoms with Crippen LogP contribution in [0.1, 0.15) is 11.1 Å². The van der Waals surface area contributed by atoms with Gasteiger partial charge in [-0.3, -0.25) is 4.21 Å². The summed E-state index contributed by atoms with van der Waals surface area (Å²) in [5.74, 6) is -0.157. The maximum absolute atomic E-state index is 13.5. The molecule has 0 bridgehead atoms. The second-order valence-corrected chi connectivity index (χ2v) is 5.47. The maximum Gasteiger partial charge on any atom is 0.139 e. The summed E-state index contributed by atoms with van der Waals surface area (Å²) in [6.07, 6.45) is 0. The van der Waals surface area contributed by atoms with Gasteiger partial charge in [-0.2, -0.15) is 0 Å². The fourth-order valence-electron chi connectivity index (χ4n) is 1.71. The van der Waals surface area contributed by atoms with Crippen LogP contribution in [0.5, 0.6) is 0 Å². The topological polar surface area (TPSA) is 43.1 Å². The van der Waals surface area contributed by atoms with Gasteiger partial charge in [0.05, 0.1) is 21.4 Å². The monoisotopic (exact) mass is 263 g/mol. The number of rotatable bonds is 3. The van der Waals surface area contributed by atoms with E-state index in [-0.39, 0.29) is 10.6 Å². The first-order valence-corrected chi connectivity index (χ1v) is 6.88. The molecule has 2 rings (SSSR count). The summed E-state index contributed by atoms with van der Waals surface area (Å²) in [5.41, 5.74) is 8.25. The first-order chi connectivity index (χ1) is 8.59. The van der Waals surface area contributed by atoms with E-state index in [1.807, 2.05) is 19.1 Å². The molecule has 0 heterocycles. The molecule has 2 aromatic carbocycles. The van der Waals surface area contributed by atoms with Crippen LogP contribution in [-0.4, -0.2) is 4.21 Å². The van der Waals surface area contributed by atoms with Crippen molar-refractivity contribution in [1.82, 2.24) is 0 Å². The number of anilines is 1. The Morgan fingerprint density at radius 2 is 1.89 bits per heavy atom. The van der Waals surface area contributed by atoms with Crippen molar-refractivity contribution in [3.05, 3.63) is 59.4 Å². The quantitative estimate of drug-likeness (QED) is 0.865. The van der Waals surface area contributed by atoms with Gasteiger partial charge in [0.2, 0.25) is 0 Å². The van der Waals surface area contributed by atoms with E-state index < -0.39 is 16.6 Å². The molecule has 0 spiro atoms. The van der Waals surface area contributed by atoms with E-state index in [2.05, 4.69) is 0 Å². The first-order valence-electron chi connectivity index (χ1n) is 5.56. The van der Waals surface area contributed by atoms with Crippen molar-refractivity contribution in [1.29, 1.82) is 0 Å². The Morgan fingerprint density at radius 1 is 1.17 bits per heavy atom. The van der Waals surface area contributed by atoms with E-state index in [4.69, 9.17) is 5.73 Å². The van der Waals surface area contributed by atoms with Gasteiger partial charge in [0, 0.05) is 5.69 Å². The summed E-state index contributed by atoms with van der Waals surface area (Å²) in [4.78, 5) is 0.235. The summed E-state index contributed by atoms with van der Waals surface area (Å²) in [6.45, 7) is 1.88. The molecule has 2 nitrogen and oxygen atoms in total. The molecule has 0 radical (unpaired) electrons. The van der Waals surface area contributed by atoms with E-state index in [1.54, 1.807) is 24.3 Å². The molecule has 0 amide bonds. The van der Waals surface area contributed by atoms with E-state index in [9.17, 15) is 8.60 Å². The minimum absolute atomic E-state index is 0.235. The lowest BCUT2D eigenvalue weighted by atomic mass is 10.1. The minimum Gasteiger partial charge on any atom is -0.399 e. The van der Waals surface area contributed by atoms with Gasteiger partial charge in [-0.25, -0.2) is 4.39 Å². The van der Waals surface area contributed by atoms with Gasteiger partial charge in [-0.05, 0) is 36.2 Å². The molecular formula is C14H14FNOS. The molecule has 4 heteroatoms. The van der Waals surface area contributed by atoms with Gasteiger partial charge in [0.25, 0.3) is 0 Å². The highest BCUT2D eigenvalue weighted by molar-refractivity contribution is 7.84. The van der Waals surface area contributed by atoms with Crippen LogP contribution in [-0.2, 0) is 16.6 Å². The van der Waals surface area contributed by atoms with E-state index in [0.717, 1.165) is 11.1 Å². The van der Waals surface area contributed by atoms with Crippen molar-refractivity contribution in [2.24, 2.45) is 0 Å². The zero-order valence-electron chi connectivity index (χ0n) is 10.0. The van der Waals surface area contributed by atoms with Crippen LogP contribution in [0.2, 0.25) is 0 Å². The third-order valence-corrected chi connectivity index (χ3v) is 4.25. The standard InChI is InChI=1S/C14H14FNOS/c1-10-11(5-4-7-13(10)16)9-18(17)14-8-3-2-6-12(14)15/h2-8H,9,16H2,1H3. The molecule has 0 aliphatic heterocycles. The molecule has 1 unspecified atom stereocenters. The summed E-state index contributed by atoms with van der Waals surface area (Å²) < 4.78 is 25.6. The predicted octanol–water partition coefficient (Wildman–Crippen LogP) is 3.02. The molecule has 0 saturated heterocycles. The Bertz CT molecular complexity index is 598. The largest absolute Gasteiger partial charge is 0.399 e. The Hall–Kier alpha value is -1.68. The Balaban J connectivity index is 2.27. The van der Waals surface area contributed by atoms with Gasteiger partial charge in [-0.15, -0.1) is 0 Å². The molecule has 2 N–H and O–H groups in total. The van der Waals surface area contributed by atoms with Gasteiger partial charge < -0.3 is 5.73 Å². The van der Waals surface area contributed by atoms with E-state index >= 15 is 0 Å². The molecule has 0 saturated carbocycles. The highest BCUT2D eigenvalue weighted by Gasteiger charge is 2.11. The summed E-state index contributed by atoms with van der Waals surface area (Å²) in [5, 5.41) is 0. The number of nitrogens with two attached hydrogens (primary N) is 1. The number of halogens is 1. The van der Waals surface area contributed by atoms with Crippen LogP contribution >= 0.6 is 0 Å². The smallest absolute Gasteiger partial charge is 0.139 e.